The number of hydrogen-bond donors (Lipinski definition) is 1. The van der Waals surface area contributed by atoms with Crippen LogP contribution >= 0.6 is 0 Å². The van der Waals surface area contributed by atoms with E-state index in [9.17, 15) is 8.42 Å². The van der Waals surface area contributed by atoms with E-state index in [-0.39, 0.29) is 6.04 Å². The number of para-hydroxylation sites is 1. The first-order valence-electron chi connectivity index (χ1n) is 8.60. The van der Waals surface area contributed by atoms with Crippen LogP contribution in [0.4, 0.5) is 0 Å². The number of nitrogens with zero attached hydrogens (tertiary/aromatic N) is 2. The summed E-state index contributed by atoms with van der Waals surface area (Å²) in [7, 11) is -1.06. The molecule has 2 unspecified atom stereocenters. The molecule has 2 aromatic rings. The molecule has 1 N–H and O–H groups in total. The first-order valence-corrected chi connectivity index (χ1v) is 10.5. The van der Waals surface area contributed by atoms with E-state index in [4.69, 9.17) is 0 Å². The maximum Gasteiger partial charge on any atom is 0.209 e. The lowest BCUT2D eigenvalue weighted by Crippen LogP contribution is -2.39. The van der Waals surface area contributed by atoms with Crippen LogP contribution in [0.25, 0.3) is 10.9 Å². The Morgan fingerprint density at radius 3 is 2.67 bits per heavy atom. The fraction of sp³-hybridized carbons (Fsp3) is 0.556. The number of fused-ring (bicyclic) bond motifs is 1. The highest BCUT2D eigenvalue weighted by Crippen LogP contribution is 2.26. The molecule has 0 aliphatic carbocycles. The molecule has 2 atom stereocenters. The zero-order valence-electron chi connectivity index (χ0n) is 14.7. The summed E-state index contributed by atoms with van der Waals surface area (Å²) in [5.41, 5.74) is 2.51. The molecule has 0 amide bonds. The lowest BCUT2D eigenvalue weighted by Gasteiger charge is -2.17. The van der Waals surface area contributed by atoms with Crippen LogP contribution in [-0.2, 0) is 23.6 Å². The maximum atomic E-state index is 11.6. The molecule has 2 heterocycles. The van der Waals surface area contributed by atoms with Crippen LogP contribution < -0.4 is 4.72 Å². The van der Waals surface area contributed by atoms with E-state index in [0.29, 0.717) is 5.92 Å². The summed E-state index contributed by atoms with van der Waals surface area (Å²) in [4.78, 5) is 2.37. The lowest BCUT2D eigenvalue weighted by atomic mass is 9.99. The minimum absolute atomic E-state index is 0.0228. The number of likely N-dealkylation sites (tertiary alicyclic amines) is 1. The molecule has 1 aromatic heterocycles. The maximum absolute atomic E-state index is 11.6. The molecule has 0 bridgehead atoms. The Kier molecular flexibility index (Phi) is 4.99. The van der Waals surface area contributed by atoms with Crippen LogP contribution in [0.3, 0.4) is 0 Å². The van der Waals surface area contributed by atoms with Crippen LogP contribution in [0.15, 0.2) is 30.3 Å². The van der Waals surface area contributed by atoms with Crippen molar-refractivity contribution in [2.75, 3.05) is 19.3 Å². The highest BCUT2D eigenvalue weighted by molar-refractivity contribution is 7.88. The molecular weight excluding hydrogens is 322 g/mol. The van der Waals surface area contributed by atoms with Gasteiger partial charge in [-0.05, 0) is 29.9 Å². The minimum atomic E-state index is -3.17. The molecule has 132 valence electrons. The van der Waals surface area contributed by atoms with Gasteiger partial charge < -0.3 is 4.57 Å². The normalized spacial score (nSPS) is 22.5. The van der Waals surface area contributed by atoms with Gasteiger partial charge in [-0.25, -0.2) is 13.1 Å². The third-order valence-corrected chi connectivity index (χ3v) is 5.71. The summed E-state index contributed by atoms with van der Waals surface area (Å²) in [6, 6.07) is 10.7. The van der Waals surface area contributed by atoms with E-state index in [1.165, 1.54) is 22.9 Å². The predicted octanol–water partition coefficient (Wildman–Crippen LogP) is 2.33. The molecule has 24 heavy (non-hydrogen) atoms. The summed E-state index contributed by atoms with van der Waals surface area (Å²) in [6.07, 6.45) is 3.38. The van der Waals surface area contributed by atoms with Crippen molar-refractivity contribution in [3.05, 3.63) is 36.0 Å². The molecule has 5 nitrogen and oxygen atoms in total. The zero-order valence-corrected chi connectivity index (χ0v) is 15.5. The number of aromatic nitrogens is 1. The van der Waals surface area contributed by atoms with Crippen molar-refractivity contribution in [2.45, 2.75) is 32.4 Å². The van der Waals surface area contributed by atoms with E-state index in [0.717, 1.165) is 32.5 Å². The summed E-state index contributed by atoms with van der Waals surface area (Å²) < 4.78 is 28.4. The Hall–Kier alpha value is -1.37. The van der Waals surface area contributed by atoms with Crippen molar-refractivity contribution in [1.29, 1.82) is 0 Å². The van der Waals surface area contributed by atoms with Crippen molar-refractivity contribution < 1.29 is 8.42 Å². The summed E-state index contributed by atoms with van der Waals surface area (Å²) >= 11 is 0. The molecule has 6 heteroatoms. The second-order valence-electron chi connectivity index (χ2n) is 6.99. The first-order chi connectivity index (χ1) is 11.4. The quantitative estimate of drug-likeness (QED) is 0.871. The number of rotatable bonds is 6. The standard InChI is InChI=1S/C18H27N3O2S/c1-4-7-15-11-21(13-17(15)19-24(3,22)23)12-16-10-14-8-5-6-9-18(14)20(16)2/h5-6,8-10,15,17,19H,4,7,11-13H2,1-3H3. The summed E-state index contributed by atoms with van der Waals surface area (Å²) in [5.74, 6) is 0.388. The van der Waals surface area contributed by atoms with Gasteiger partial charge >= 0.3 is 0 Å². The van der Waals surface area contributed by atoms with Crippen LogP contribution in [0, 0.1) is 5.92 Å². The zero-order chi connectivity index (χ0) is 17.3. The van der Waals surface area contributed by atoms with Gasteiger partial charge in [-0.2, -0.15) is 0 Å². The SMILES string of the molecule is CCCC1CN(Cc2cc3ccccc3n2C)CC1NS(C)(=O)=O. The van der Waals surface area contributed by atoms with Gasteiger partial charge in [0.15, 0.2) is 0 Å². The third kappa shape index (κ3) is 3.82. The Bertz CT molecular complexity index is 813. The molecule has 1 saturated heterocycles. The van der Waals surface area contributed by atoms with Crippen LogP contribution in [0.2, 0.25) is 0 Å². The van der Waals surface area contributed by atoms with E-state index in [1.54, 1.807) is 0 Å². The number of sulfonamides is 1. The highest BCUT2D eigenvalue weighted by atomic mass is 32.2. The van der Waals surface area contributed by atoms with Crippen molar-refractivity contribution in [1.82, 2.24) is 14.2 Å². The Morgan fingerprint density at radius 1 is 1.25 bits per heavy atom. The Balaban J connectivity index is 1.76. The van der Waals surface area contributed by atoms with Crippen LogP contribution in [0.1, 0.15) is 25.5 Å². The fourth-order valence-corrected chi connectivity index (χ4v) is 4.71. The van der Waals surface area contributed by atoms with Crippen LogP contribution in [-0.4, -0.2) is 43.3 Å². The number of nitrogens with one attached hydrogen (secondary N) is 1. The number of aryl methyl sites for hydroxylation is 1. The van der Waals surface area contributed by atoms with Gasteiger partial charge in [-0.15, -0.1) is 0 Å². The average molecular weight is 350 g/mol. The van der Waals surface area contributed by atoms with Crippen molar-refractivity contribution in [3.8, 4) is 0 Å². The number of hydrogen-bond acceptors (Lipinski definition) is 3. The number of benzene rings is 1. The molecule has 1 aliphatic rings. The topological polar surface area (TPSA) is 54.3 Å². The second kappa shape index (κ2) is 6.86. The average Bonchev–Trinajstić information content (AvgIpc) is 3.01. The Morgan fingerprint density at radius 2 is 2.00 bits per heavy atom. The lowest BCUT2D eigenvalue weighted by molar-refractivity contribution is 0.306. The fourth-order valence-electron chi connectivity index (χ4n) is 3.89. The second-order valence-corrected chi connectivity index (χ2v) is 8.77. The molecule has 0 saturated carbocycles. The third-order valence-electron chi connectivity index (χ3n) is 4.98. The van der Waals surface area contributed by atoms with Gasteiger partial charge in [-0.3, -0.25) is 4.90 Å². The van der Waals surface area contributed by atoms with Crippen molar-refractivity contribution >= 4 is 20.9 Å². The van der Waals surface area contributed by atoms with E-state index in [2.05, 4.69) is 58.5 Å². The molecule has 1 fully saturated rings. The van der Waals surface area contributed by atoms with E-state index < -0.39 is 10.0 Å². The van der Waals surface area contributed by atoms with Gasteiger partial charge in [0.1, 0.15) is 0 Å². The van der Waals surface area contributed by atoms with Gasteiger partial charge in [-0.1, -0.05) is 31.5 Å². The van der Waals surface area contributed by atoms with Gasteiger partial charge in [0, 0.05) is 43.9 Å². The van der Waals surface area contributed by atoms with E-state index >= 15 is 0 Å². The van der Waals surface area contributed by atoms with Gasteiger partial charge in [0.2, 0.25) is 10.0 Å². The first kappa shape index (κ1) is 17.5. The molecule has 0 radical (unpaired) electrons. The van der Waals surface area contributed by atoms with Gasteiger partial charge in [0.05, 0.1) is 6.26 Å². The molecule has 1 aliphatic heterocycles. The van der Waals surface area contributed by atoms with E-state index in [1.807, 2.05) is 0 Å². The highest BCUT2D eigenvalue weighted by Gasteiger charge is 2.34. The molecular formula is C18H27N3O2S. The largest absolute Gasteiger partial charge is 0.346 e. The van der Waals surface area contributed by atoms with Gasteiger partial charge in [0.25, 0.3) is 0 Å². The Labute approximate surface area is 144 Å². The molecule has 3 rings (SSSR count). The minimum Gasteiger partial charge on any atom is -0.346 e. The predicted molar refractivity (Wildman–Crippen MR) is 98.4 cm³/mol. The van der Waals surface area contributed by atoms with Crippen molar-refractivity contribution in [2.24, 2.45) is 13.0 Å². The molecule has 0 spiro atoms. The summed E-state index contributed by atoms with van der Waals surface area (Å²) in [6.45, 7) is 4.74. The smallest absolute Gasteiger partial charge is 0.209 e. The summed E-state index contributed by atoms with van der Waals surface area (Å²) in [5, 5.41) is 1.25. The molecule has 1 aromatic carbocycles. The van der Waals surface area contributed by atoms with Crippen molar-refractivity contribution in [3.63, 3.8) is 0 Å². The monoisotopic (exact) mass is 349 g/mol. The van der Waals surface area contributed by atoms with Crippen LogP contribution in [0.5, 0.6) is 0 Å².